The van der Waals surface area contributed by atoms with Crippen molar-refractivity contribution in [3.05, 3.63) is 53.3 Å². The standard InChI is InChI=1S/C14H13NO2S/c1-9-3-4-11(7-10(9)2)18-12-5-6-15-13(8-12)14(16)17/h3-8H,1-2H3,(H,16,17). The van der Waals surface area contributed by atoms with E-state index in [9.17, 15) is 4.79 Å². The van der Waals surface area contributed by atoms with E-state index in [1.165, 1.54) is 29.1 Å². The number of aromatic nitrogens is 1. The van der Waals surface area contributed by atoms with E-state index >= 15 is 0 Å². The molecule has 1 heterocycles. The summed E-state index contributed by atoms with van der Waals surface area (Å²) in [5.41, 5.74) is 2.55. The Morgan fingerprint density at radius 2 is 1.83 bits per heavy atom. The van der Waals surface area contributed by atoms with Gasteiger partial charge in [-0.1, -0.05) is 17.8 Å². The summed E-state index contributed by atoms with van der Waals surface area (Å²) in [5, 5.41) is 8.88. The topological polar surface area (TPSA) is 50.2 Å². The number of carboxylic acid groups (broad SMARTS) is 1. The second kappa shape index (κ2) is 5.23. The second-order valence-corrected chi connectivity index (χ2v) is 5.18. The first-order chi connectivity index (χ1) is 8.56. The average molecular weight is 259 g/mol. The zero-order valence-electron chi connectivity index (χ0n) is 10.2. The van der Waals surface area contributed by atoms with Crippen molar-refractivity contribution < 1.29 is 9.90 Å². The Balaban J connectivity index is 2.25. The molecule has 0 atom stereocenters. The maximum absolute atomic E-state index is 10.8. The molecule has 0 amide bonds. The highest BCUT2D eigenvalue weighted by Crippen LogP contribution is 2.29. The molecule has 1 aromatic heterocycles. The number of nitrogens with zero attached hydrogens (tertiary/aromatic N) is 1. The molecule has 0 unspecified atom stereocenters. The molecule has 3 nitrogen and oxygen atoms in total. The van der Waals surface area contributed by atoms with Gasteiger partial charge in [-0.15, -0.1) is 0 Å². The summed E-state index contributed by atoms with van der Waals surface area (Å²) >= 11 is 1.54. The first-order valence-electron chi connectivity index (χ1n) is 5.51. The van der Waals surface area contributed by atoms with Gasteiger partial charge in [-0.2, -0.15) is 0 Å². The molecule has 0 saturated heterocycles. The molecule has 92 valence electrons. The lowest BCUT2D eigenvalue weighted by Crippen LogP contribution is -1.99. The third-order valence-corrected chi connectivity index (χ3v) is 3.64. The van der Waals surface area contributed by atoms with Crippen LogP contribution in [0.3, 0.4) is 0 Å². The van der Waals surface area contributed by atoms with Gasteiger partial charge in [-0.3, -0.25) is 0 Å². The van der Waals surface area contributed by atoms with Gasteiger partial charge in [-0.05, 0) is 49.2 Å². The number of carbonyl (C=O) groups is 1. The summed E-state index contributed by atoms with van der Waals surface area (Å²) in [4.78, 5) is 16.6. The van der Waals surface area contributed by atoms with Gasteiger partial charge in [0.15, 0.2) is 0 Å². The molecule has 0 aliphatic carbocycles. The third-order valence-electron chi connectivity index (χ3n) is 2.66. The molecule has 2 aromatic rings. The van der Waals surface area contributed by atoms with Crippen molar-refractivity contribution in [1.82, 2.24) is 4.98 Å². The molecule has 18 heavy (non-hydrogen) atoms. The fraction of sp³-hybridized carbons (Fsp3) is 0.143. The lowest BCUT2D eigenvalue weighted by molar-refractivity contribution is 0.0690. The molecular formula is C14H13NO2S. The van der Waals surface area contributed by atoms with Crippen molar-refractivity contribution in [1.29, 1.82) is 0 Å². The lowest BCUT2D eigenvalue weighted by atomic mass is 10.1. The normalized spacial score (nSPS) is 10.3. The van der Waals surface area contributed by atoms with E-state index in [2.05, 4.69) is 31.0 Å². The molecule has 0 aliphatic heterocycles. The van der Waals surface area contributed by atoms with Gasteiger partial charge in [-0.25, -0.2) is 9.78 Å². The maximum atomic E-state index is 10.8. The van der Waals surface area contributed by atoms with E-state index in [-0.39, 0.29) is 5.69 Å². The van der Waals surface area contributed by atoms with Gasteiger partial charge >= 0.3 is 5.97 Å². The maximum Gasteiger partial charge on any atom is 0.354 e. The van der Waals surface area contributed by atoms with Crippen molar-refractivity contribution in [3.8, 4) is 0 Å². The van der Waals surface area contributed by atoms with Crippen LogP contribution in [0.5, 0.6) is 0 Å². The van der Waals surface area contributed by atoms with Crippen LogP contribution in [0.2, 0.25) is 0 Å². The van der Waals surface area contributed by atoms with Crippen LogP contribution in [0.25, 0.3) is 0 Å². The Bertz CT molecular complexity index is 596. The summed E-state index contributed by atoms with van der Waals surface area (Å²) < 4.78 is 0. The Hall–Kier alpha value is -1.81. The van der Waals surface area contributed by atoms with Crippen LogP contribution in [0.15, 0.2) is 46.3 Å². The van der Waals surface area contributed by atoms with Gasteiger partial charge < -0.3 is 5.11 Å². The molecule has 0 radical (unpaired) electrons. The van der Waals surface area contributed by atoms with Crippen LogP contribution in [0, 0.1) is 13.8 Å². The monoisotopic (exact) mass is 259 g/mol. The van der Waals surface area contributed by atoms with Crippen molar-refractivity contribution in [3.63, 3.8) is 0 Å². The number of hydrogen-bond donors (Lipinski definition) is 1. The Morgan fingerprint density at radius 1 is 1.11 bits per heavy atom. The minimum Gasteiger partial charge on any atom is -0.477 e. The predicted octanol–water partition coefficient (Wildman–Crippen LogP) is 3.55. The molecule has 0 aliphatic rings. The zero-order chi connectivity index (χ0) is 13.1. The van der Waals surface area contributed by atoms with E-state index in [4.69, 9.17) is 5.11 Å². The van der Waals surface area contributed by atoms with E-state index < -0.39 is 5.97 Å². The van der Waals surface area contributed by atoms with Crippen LogP contribution in [-0.4, -0.2) is 16.1 Å². The van der Waals surface area contributed by atoms with E-state index in [1.807, 2.05) is 12.1 Å². The molecule has 1 N–H and O–H groups in total. The molecule has 0 bridgehead atoms. The number of aromatic carboxylic acids is 1. The number of carboxylic acids is 1. The van der Waals surface area contributed by atoms with Crippen molar-refractivity contribution in [2.45, 2.75) is 23.6 Å². The summed E-state index contributed by atoms with van der Waals surface area (Å²) in [5.74, 6) is -1.00. The summed E-state index contributed by atoms with van der Waals surface area (Å²) in [6.45, 7) is 4.13. The number of pyridine rings is 1. The number of rotatable bonds is 3. The molecule has 4 heteroatoms. The molecular weight excluding hydrogens is 246 g/mol. The summed E-state index contributed by atoms with van der Waals surface area (Å²) in [7, 11) is 0. The fourth-order valence-corrected chi connectivity index (χ4v) is 2.45. The van der Waals surface area contributed by atoms with E-state index in [1.54, 1.807) is 6.07 Å². The first-order valence-corrected chi connectivity index (χ1v) is 6.32. The number of aryl methyl sites for hydroxylation is 2. The largest absolute Gasteiger partial charge is 0.477 e. The predicted molar refractivity (Wildman–Crippen MR) is 71.2 cm³/mol. The molecule has 0 saturated carbocycles. The summed E-state index contributed by atoms with van der Waals surface area (Å²) in [6.07, 6.45) is 1.52. The van der Waals surface area contributed by atoms with E-state index in [0.717, 1.165) is 9.79 Å². The Kier molecular flexibility index (Phi) is 3.67. The van der Waals surface area contributed by atoms with Crippen LogP contribution in [0.4, 0.5) is 0 Å². The number of hydrogen-bond acceptors (Lipinski definition) is 3. The van der Waals surface area contributed by atoms with Crippen molar-refractivity contribution in [2.24, 2.45) is 0 Å². The van der Waals surface area contributed by atoms with Gasteiger partial charge in [0.05, 0.1) is 0 Å². The van der Waals surface area contributed by atoms with Crippen molar-refractivity contribution >= 4 is 17.7 Å². The SMILES string of the molecule is Cc1ccc(Sc2ccnc(C(=O)O)c2)cc1C. The molecule has 0 fully saturated rings. The Morgan fingerprint density at radius 3 is 2.50 bits per heavy atom. The second-order valence-electron chi connectivity index (χ2n) is 4.03. The molecule has 0 spiro atoms. The highest BCUT2D eigenvalue weighted by molar-refractivity contribution is 7.99. The minimum atomic E-state index is -1.00. The average Bonchev–Trinajstić information content (AvgIpc) is 2.34. The zero-order valence-corrected chi connectivity index (χ0v) is 11.0. The van der Waals surface area contributed by atoms with Gasteiger partial charge in [0, 0.05) is 16.0 Å². The van der Waals surface area contributed by atoms with E-state index in [0.29, 0.717) is 0 Å². The minimum absolute atomic E-state index is 0.0730. The van der Waals surface area contributed by atoms with Gasteiger partial charge in [0.2, 0.25) is 0 Å². The van der Waals surface area contributed by atoms with Crippen molar-refractivity contribution in [2.75, 3.05) is 0 Å². The first kappa shape index (κ1) is 12.6. The van der Waals surface area contributed by atoms with Crippen LogP contribution in [0.1, 0.15) is 21.6 Å². The van der Waals surface area contributed by atoms with Gasteiger partial charge in [0.1, 0.15) is 5.69 Å². The number of benzene rings is 1. The quantitative estimate of drug-likeness (QED) is 0.915. The van der Waals surface area contributed by atoms with Gasteiger partial charge in [0.25, 0.3) is 0 Å². The third kappa shape index (κ3) is 2.90. The summed E-state index contributed by atoms with van der Waals surface area (Å²) in [6, 6.07) is 9.60. The van der Waals surface area contributed by atoms with Crippen LogP contribution < -0.4 is 0 Å². The lowest BCUT2D eigenvalue weighted by Gasteiger charge is -2.05. The smallest absolute Gasteiger partial charge is 0.354 e. The van der Waals surface area contributed by atoms with Crippen LogP contribution in [-0.2, 0) is 0 Å². The van der Waals surface area contributed by atoms with Crippen LogP contribution >= 0.6 is 11.8 Å². The highest BCUT2D eigenvalue weighted by atomic mass is 32.2. The highest BCUT2D eigenvalue weighted by Gasteiger charge is 2.06. The molecule has 2 rings (SSSR count). The molecule has 1 aromatic carbocycles. The Labute approximate surface area is 110 Å². The fourth-order valence-electron chi connectivity index (χ4n) is 1.51.